The van der Waals surface area contributed by atoms with Crippen LogP contribution < -0.4 is 0 Å². The van der Waals surface area contributed by atoms with Crippen LogP contribution in [0.3, 0.4) is 0 Å². The van der Waals surface area contributed by atoms with Crippen molar-refractivity contribution < 1.29 is 9.53 Å². The average Bonchev–Trinajstić information content (AvgIpc) is 3.09. The van der Waals surface area contributed by atoms with Crippen molar-refractivity contribution in [2.24, 2.45) is 21.3 Å². The van der Waals surface area contributed by atoms with Gasteiger partial charge in [-0.3, -0.25) is 4.99 Å². The highest BCUT2D eigenvalue weighted by Crippen LogP contribution is 2.53. The summed E-state index contributed by atoms with van der Waals surface area (Å²) in [5.41, 5.74) is -0.284. The molecule has 1 amide bonds. The van der Waals surface area contributed by atoms with E-state index in [9.17, 15) is 4.79 Å². The molecule has 6 heteroatoms. The number of ether oxygens (including phenoxy) is 1. The summed E-state index contributed by atoms with van der Waals surface area (Å²) < 4.78 is 6.48. The van der Waals surface area contributed by atoms with E-state index in [0.717, 1.165) is 29.7 Å². The van der Waals surface area contributed by atoms with E-state index in [1.165, 1.54) is 0 Å². The number of carbonyl (C=O) groups is 1. The monoisotopic (exact) mass is 369 g/mol. The van der Waals surface area contributed by atoms with Gasteiger partial charge >= 0.3 is 6.09 Å². The summed E-state index contributed by atoms with van der Waals surface area (Å²) in [6.45, 7) is 9.33. The van der Waals surface area contributed by atoms with E-state index in [-0.39, 0.29) is 11.5 Å². The minimum Gasteiger partial charge on any atom is -0.444 e. The summed E-state index contributed by atoms with van der Waals surface area (Å²) in [7, 11) is 0. The van der Waals surface area contributed by atoms with Crippen molar-refractivity contribution in [1.29, 1.82) is 0 Å². The molecule has 22 heavy (non-hydrogen) atoms. The summed E-state index contributed by atoms with van der Waals surface area (Å²) in [4.78, 5) is 23.4. The first-order valence-corrected chi connectivity index (χ1v) is 8.79. The van der Waals surface area contributed by atoms with Crippen molar-refractivity contribution in [2.45, 2.75) is 58.6 Å². The van der Waals surface area contributed by atoms with Crippen LogP contribution in [0.1, 0.15) is 47.0 Å². The molecule has 5 nitrogen and oxygen atoms in total. The van der Waals surface area contributed by atoms with Gasteiger partial charge in [0.05, 0.1) is 10.7 Å². The number of hydrogen-bond donors (Lipinski definition) is 0. The Morgan fingerprint density at radius 1 is 1.36 bits per heavy atom. The van der Waals surface area contributed by atoms with Crippen molar-refractivity contribution in [1.82, 2.24) is 4.90 Å². The van der Waals surface area contributed by atoms with Gasteiger partial charge in [0.1, 0.15) is 11.4 Å². The second kappa shape index (κ2) is 5.32. The molecule has 2 heterocycles. The summed E-state index contributed by atoms with van der Waals surface area (Å²) in [6, 6.07) is 0.401. The molecule has 3 aliphatic rings. The number of hydrogen-bond acceptors (Lipinski definition) is 4. The lowest BCUT2D eigenvalue weighted by Crippen LogP contribution is -2.43. The highest BCUT2D eigenvalue weighted by Gasteiger charge is 2.56. The van der Waals surface area contributed by atoms with Gasteiger partial charge in [0.2, 0.25) is 0 Å². The molecule has 122 valence electrons. The zero-order valence-electron chi connectivity index (χ0n) is 13.7. The Labute approximate surface area is 140 Å². The molecule has 0 spiro atoms. The van der Waals surface area contributed by atoms with Crippen molar-refractivity contribution in [3.05, 3.63) is 0 Å². The molecule has 0 N–H and O–H groups in total. The normalized spacial score (nSPS) is 32.0. The summed E-state index contributed by atoms with van der Waals surface area (Å²) in [6.07, 6.45) is 2.70. The van der Waals surface area contributed by atoms with Gasteiger partial charge in [0.25, 0.3) is 0 Å². The molecule has 2 aliphatic heterocycles. The van der Waals surface area contributed by atoms with E-state index < -0.39 is 5.60 Å². The molecule has 1 saturated carbocycles. The molecule has 0 bridgehead atoms. The maximum atomic E-state index is 12.1. The Hall–Kier alpha value is -0.910. The Morgan fingerprint density at radius 2 is 2.00 bits per heavy atom. The molecule has 0 aromatic rings. The zero-order chi connectivity index (χ0) is 16.1. The lowest BCUT2D eigenvalue weighted by Gasteiger charge is -2.33. The third kappa shape index (κ3) is 3.07. The quantitative estimate of drug-likeness (QED) is 0.708. The summed E-state index contributed by atoms with van der Waals surface area (Å²) in [5.74, 6) is 1.33. The first-order valence-electron chi connectivity index (χ1n) is 7.99. The third-order valence-electron chi connectivity index (χ3n) is 4.68. The Kier molecular flexibility index (Phi) is 3.86. The standard InChI is InChI=1S/C16H24BrN3O2/c1-15(2,3)22-14(21)20-7-5-10(6-8-20)12-18-11-9-16(11,4)13(17)19-12/h10-11H,5-9H2,1-4H3. The Morgan fingerprint density at radius 3 is 2.55 bits per heavy atom. The predicted octanol–water partition coefficient (Wildman–Crippen LogP) is 3.62. The average molecular weight is 370 g/mol. The van der Waals surface area contributed by atoms with E-state index in [0.29, 0.717) is 25.0 Å². The first-order chi connectivity index (χ1) is 10.2. The summed E-state index contributed by atoms with van der Waals surface area (Å²) in [5, 5.41) is 0. The lowest BCUT2D eigenvalue weighted by atomic mass is 9.95. The van der Waals surface area contributed by atoms with E-state index >= 15 is 0 Å². The fourth-order valence-corrected chi connectivity index (χ4v) is 3.62. The molecule has 1 aliphatic carbocycles. The zero-order valence-corrected chi connectivity index (χ0v) is 15.3. The van der Waals surface area contributed by atoms with Gasteiger partial charge in [0.15, 0.2) is 0 Å². The van der Waals surface area contributed by atoms with Crippen LogP contribution in [0.25, 0.3) is 0 Å². The number of nitrogens with zero attached hydrogens (tertiary/aromatic N) is 3. The smallest absolute Gasteiger partial charge is 0.410 e. The minimum atomic E-state index is -0.438. The summed E-state index contributed by atoms with van der Waals surface area (Å²) >= 11 is 3.61. The van der Waals surface area contributed by atoms with E-state index in [2.05, 4.69) is 27.8 Å². The highest BCUT2D eigenvalue weighted by atomic mass is 79.9. The number of halogens is 1. The van der Waals surface area contributed by atoms with Crippen LogP contribution in [0, 0.1) is 11.3 Å². The molecular formula is C16H24BrN3O2. The van der Waals surface area contributed by atoms with Crippen LogP contribution in [0.15, 0.2) is 9.98 Å². The lowest BCUT2D eigenvalue weighted by molar-refractivity contribution is 0.0201. The Balaban J connectivity index is 1.57. The largest absolute Gasteiger partial charge is 0.444 e. The topological polar surface area (TPSA) is 54.3 Å². The number of rotatable bonds is 1. The molecular weight excluding hydrogens is 346 g/mol. The Bertz CT molecular complexity index is 544. The molecule has 1 saturated heterocycles. The van der Waals surface area contributed by atoms with Gasteiger partial charge < -0.3 is 9.64 Å². The van der Waals surface area contributed by atoms with E-state index in [4.69, 9.17) is 9.73 Å². The van der Waals surface area contributed by atoms with Crippen molar-refractivity contribution in [2.75, 3.05) is 13.1 Å². The van der Waals surface area contributed by atoms with Crippen LogP contribution >= 0.6 is 15.9 Å². The van der Waals surface area contributed by atoms with Crippen LogP contribution in [0.2, 0.25) is 0 Å². The van der Waals surface area contributed by atoms with Crippen molar-refractivity contribution in [3.63, 3.8) is 0 Å². The van der Waals surface area contributed by atoms with Crippen LogP contribution in [-0.2, 0) is 4.74 Å². The predicted molar refractivity (Wildman–Crippen MR) is 90.8 cm³/mol. The fraction of sp³-hybridized carbons (Fsp3) is 0.812. The number of amidine groups is 1. The van der Waals surface area contributed by atoms with Gasteiger partial charge in [-0.2, -0.15) is 0 Å². The number of aliphatic imine (C=N–C) groups is 2. The van der Waals surface area contributed by atoms with Gasteiger partial charge in [-0.25, -0.2) is 9.79 Å². The maximum absolute atomic E-state index is 12.1. The molecule has 2 unspecified atom stereocenters. The molecule has 2 fully saturated rings. The number of amides is 1. The van der Waals surface area contributed by atoms with Crippen molar-refractivity contribution in [3.8, 4) is 0 Å². The van der Waals surface area contributed by atoms with Gasteiger partial charge in [-0.05, 0) is 56.0 Å². The number of likely N-dealkylation sites (tertiary alicyclic amines) is 1. The van der Waals surface area contributed by atoms with E-state index in [1.807, 2.05) is 20.8 Å². The van der Waals surface area contributed by atoms with Crippen molar-refractivity contribution >= 4 is 32.5 Å². The van der Waals surface area contributed by atoms with E-state index in [1.54, 1.807) is 4.90 Å². The number of fused-ring (bicyclic) bond motifs is 1. The molecule has 2 atom stereocenters. The third-order valence-corrected chi connectivity index (χ3v) is 5.76. The van der Waals surface area contributed by atoms with Crippen LogP contribution in [-0.4, -0.2) is 46.2 Å². The maximum Gasteiger partial charge on any atom is 0.410 e. The minimum absolute atomic E-state index is 0.153. The number of carbonyl (C=O) groups excluding carboxylic acids is 1. The number of piperidine rings is 1. The molecule has 0 aromatic heterocycles. The fourth-order valence-electron chi connectivity index (χ4n) is 3.01. The SMILES string of the molecule is CC(C)(C)OC(=O)N1CCC(C2=NC3CC3(C)C(Br)=N2)CC1. The van der Waals surface area contributed by atoms with Gasteiger partial charge in [0, 0.05) is 24.4 Å². The highest BCUT2D eigenvalue weighted by molar-refractivity contribution is 9.18. The first kappa shape index (κ1) is 16.0. The van der Waals surface area contributed by atoms with Crippen LogP contribution in [0.4, 0.5) is 4.79 Å². The molecule has 0 aromatic carbocycles. The second-order valence-electron chi connectivity index (χ2n) is 7.77. The molecule has 3 rings (SSSR count). The van der Waals surface area contributed by atoms with Gasteiger partial charge in [-0.15, -0.1) is 0 Å². The second-order valence-corrected chi connectivity index (χ2v) is 8.52. The van der Waals surface area contributed by atoms with Gasteiger partial charge in [-0.1, -0.05) is 6.92 Å². The molecule has 0 radical (unpaired) electrons. The van der Waals surface area contributed by atoms with Crippen LogP contribution in [0.5, 0.6) is 0 Å².